The molecule has 1 aromatic heterocycles. The van der Waals surface area contributed by atoms with Crippen LogP contribution in [0.15, 0.2) is 17.2 Å². The number of nitrogens with zero attached hydrogens (tertiary/aromatic N) is 1. The van der Waals surface area contributed by atoms with Crippen molar-refractivity contribution in [2.75, 3.05) is 7.05 Å². The molecule has 1 aliphatic rings. The van der Waals surface area contributed by atoms with E-state index in [4.69, 9.17) is 0 Å². The Morgan fingerprint density at radius 1 is 1.50 bits per heavy atom. The summed E-state index contributed by atoms with van der Waals surface area (Å²) in [6.07, 6.45) is 2.56. The molecule has 1 aliphatic carbocycles. The Bertz CT molecular complexity index is 546. The highest BCUT2D eigenvalue weighted by atomic mass is 32.2. The third-order valence-electron chi connectivity index (χ3n) is 3.56. The third kappa shape index (κ3) is 2.60. The molecule has 2 N–H and O–H groups in total. The molecule has 1 heterocycles. The summed E-state index contributed by atoms with van der Waals surface area (Å²) in [5, 5.41) is 3.02. The normalized spacial score (nSPS) is 22.1. The maximum Gasteiger partial charge on any atom is 0.242 e. The van der Waals surface area contributed by atoms with Crippen molar-refractivity contribution in [3.8, 4) is 0 Å². The second-order valence-corrected chi connectivity index (χ2v) is 7.39. The summed E-state index contributed by atoms with van der Waals surface area (Å²) in [5.74, 6) is 0. The summed E-state index contributed by atoms with van der Waals surface area (Å²) in [5.41, 5.74) is 1.04. The second kappa shape index (κ2) is 4.36. The van der Waals surface area contributed by atoms with Crippen molar-refractivity contribution in [3.63, 3.8) is 0 Å². The highest BCUT2D eigenvalue weighted by Crippen LogP contribution is 2.45. The molecule has 1 aromatic rings. The van der Waals surface area contributed by atoms with Crippen molar-refractivity contribution in [3.05, 3.63) is 18.0 Å². The summed E-state index contributed by atoms with van der Waals surface area (Å²) in [4.78, 5) is 0.345. The van der Waals surface area contributed by atoms with E-state index in [1.165, 1.54) is 0 Å². The lowest BCUT2D eigenvalue weighted by atomic mass is 10.2. The van der Waals surface area contributed by atoms with E-state index in [0.717, 1.165) is 12.1 Å². The molecule has 2 rings (SSSR count). The number of rotatable bonds is 5. The average Bonchev–Trinajstić information content (AvgIpc) is 2.66. The van der Waals surface area contributed by atoms with Crippen molar-refractivity contribution in [2.24, 2.45) is 12.5 Å². The number of aryl methyl sites for hydroxylation is 1. The predicted molar refractivity (Wildman–Crippen MR) is 70.7 cm³/mol. The van der Waals surface area contributed by atoms with E-state index < -0.39 is 10.0 Å². The maximum absolute atomic E-state index is 12.2. The van der Waals surface area contributed by atoms with Crippen LogP contribution >= 0.6 is 0 Å². The lowest BCUT2D eigenvalue weighted by Gasteiger charge is -2.06. The first-order valence-electron chi connectivity index (χ1n) is 6.08. The van der Waals surface area contributed by atoms with Gasteiger partial charge >= 0.3 is 0 Å². The van der Waals surface area contributed by atoms with Crippen molar-refractivity contribution in [1.29, 1.82) is 0 Å². The first kappa shape index (κ1) is 13.6. The van der Waals surface area contributed by atoms with Gasteiger partial charge in [0.05, 0.1) is 4.90 Å². The SMILES string of the molecule is CNCc1cc(S(=O)(=O)NC2CC2(C)C)cn1C. The van der Waals surface area contributed by atoms with E-state index in [0.29, 0.717) is 11.4 Å². The topological polar surface area (TPSA) is 63.1 Å². The Morgan fingerprint density at radius 2 is 2.11 bits per heavy atom. The van der Waals surface area contributed by atoms with Gasteiger partial charge in [-0.05, 0) is 24.9 Å². The van der Waals surface area contributed by atoms with Crippen LogP contribution in [0.4, 0.5) is 0 Å². The lowest BCUT2D eigenvalue weighted by Crippen LogP contribution is -2.28. The summed E-state index contributed by atoms with van der Waals surface area (Å²) in [6.45, 7) is 4.79. The Labute approximate surface area is 109 Å². The standard InChI is InChI=1S/C12H21N3O2S/c1-12(2)6-11(12)14-18(16,17)10-5-9(7-13-3)15(4)8-10/h5,8,11,13-14H,6-7H2,1-4H3. The molecule has 1 atom stereocenters. The molecule has 0 saturated heterocycles. The Hall–Kier alpha value is -0.850. The van der Waals surface area contributed by atoms with Crippen molar-refractivity contribution in [2.45, 2.75) is 37.8 Å². The van der Waals surface area contributed by atoms with Gasteiger partial charge in [-0.1, -0.05) is 13.8 Å². The minimum absolute atomic E-state index is 0.0652. The molecular weight excluding hydrogens is 250 g/mol. The minimum Gasteiger partial charge on any atom is -0.352 e. The van der Waals surface area contributed by atoms with Gasteiger partial charge in [0.25, 0.3) is 0 Å². The summed E-state index contributed by atoms with van der Waals surface area (Å²) >= 11 is 0. The van der Waals surface area contributed by atoms with E-state index in [2.05, 4.69) is 23.9 Å². The molecule has 1 fully saturated rings. The second-order valence-electron chi connectivity index (χ2n) is 5.67. The molecule has 0 aliphatic heterocycles. The van der Waals surface area contributed by atoms with E-state index in [1.54, 1.807) is 12.3 Å². The van der Waals surface area contributed by atoms with Gasteiger partial charge in [-0.3, -0.25) is 0 Å². The number of hydrogen-bond acceptors (Lipinski definition) is 3. The van der Waals surface area contributed by atoms with Crippen LogP contribution in [0.1, 0.15) is 26.0 Å². The first-order chi connectivity index (χ1) is 8.26. The fraction of sp³-hybridized carbons (Fsp3) is 0.667. The zero-order valence-electron chi connectivity index (χ0n) is 11.3. The molecule has 0 radical (unpaired) electrons. The van der Waals surface area contributed by atoms with Crippen LogP contribution in [0.25, 0.3) is 0 Å². The van der Waals surface area contributed by atoms with Crippen LogP contribution < -0.4 is 10.0 Å². The average molecular weight is 271 g/mol. The molecular formula is C12H21N3O2S. The first-order valence-corrected chi connectivity index (χ1v) is 7.57. The Kier molecular flexibility index (Phi) is 3.29. The van der Waals surface area contributed by atoms with Gasteiger partial charge in [0.1, 0.15) is 0 Å². The monoisotopic (exact) mass is 271 g/mol. The molecule has 0 spiro atoms. The summed E-state index contributed by atoms with van der Waals surface area (Å²) in [6, 6.07) is 1.78. The van der Waals surface area contributed by atoms with Crippen molar-refractivity contribution in [1.82, 2.24) is 14.6 Å². The van der Waals surface area contributed by atoms with Gasteiger partial charge in [-0.2, -0.15) is 0 Å². The van der Waals surface area contributed by atoms with Gasteiger partial charge in [-0.15, -0.1) is 0 Å². The summed E-state index contributed by atoms with van der Waals surface area (Å²) < 4.78 is 29.0. The van der Waals surface area contributed by atoms with Crippen LogP contribution in [-0.4, -0.2) is 26.1 Å². The van der Waals surface area contributed by atoms with E-state index >= 15 is 0 Å². The van der Waals surface area contributed by atoms with Crippen LogP contribution in [0.3, 0.4) is 0 Å². The number of aromatic nitrogens is 1. The molecule has 6 heteroatoms. The highest BCUT2D eigenvalue weighted by Gasteiger charge is 2.47. The predicted octanol–water partition coefficient (Wildman–Crippen LogP) is 0.821. The minimum atomic E-state index is -3.39. The number of sulfonamides is 1. The zero-order valence-corrected chi connectivity index (χ0v) is 12.1. The quantitative estimate of drug-likeness (QED) is 0.833. The third-order valence-corrected chi connectivity index (χ3v) is 5.00. The molecule has 0 amide bonds. The smallest absolute Gasteiger partial charge is 0.242 e. The number of nitrogens with one attached hydrogen (secondary N) is 2. The fourth-order valence-electron chi connectivity index (χ4n) is 2.00. The molecule has 18 heavy (non-hydrogen) atoms. The lowest BCUT2D eigenvalue weighted by molar-refractivity contribution is 0.555. The van der Waals surface area contributed by atoms with Crippen LogP contribution in [0.2, 0.25) is 0 Å². The van der Waals surface area contributed by atoms with Gasteiger partial charge in [0.15, 0.2) is 0 Å². The van der Waals surface area contributed by atoms with E-state index in [9.17, 15) is 8.42 Å². The van der Waals surface area contributed by atoms with Crippen molar-refractivity contribution < 1.29 is 8.42 Å². The van der Waals surface area contributed by atoms with Gasteiger partial charge < -0.3 is 9.88 Å². The fourth-order valence-corrected chi connectivity index (χ4v) is 3.51. The van der Waals surface area contributed by atoms with Gasteiger partial charge in [-0.25, -0.2) is 13.1 Å². The molecule has 102 valence electrons. The molecule has 0 aromatic carbocycles. The van der Waals surface area contributed by atoms with Crippen LogP contribution in [0.5, 0.6) is 0 Å². The largest absolute Gasteiger partial charge is 0.352 e. The van der Waals surface area contributed by atoms with E-state index in [-0.39, 0.29) is 11.5 Å². The van der Waals surface area contributed by atoms with Gasteiger partial charge in [0, 0.05) is 31.5 Å². The van der Waals surface area contributed by atoms with Crippen molar-refractivity contribution >= 4 is 10.0 Å². The van der Waals surface area contributed by atoms with E-state index in [1.807, 2.05) is 18.7 Å². The Morgan fingerprint density at radius 3 is 2.61 bits per heavy atom. The van der Waals surface area contributed by atoms with Gasteiger partial charge in [0.2, 0.25) is 10.0 Å². The van der Waals surface area contributed by atoms with Crippen LogP contribution in [-0.2, 0) is 23.6 Å². The molecule has 1 unspecified atom stereocenters. The van der Waals surface area contributed by atoms with Crippen LogP contribution in [0, 0.1) is 5.41 Å². The maximum atomic E-state index is 12.2. The zero-order chi connectivity index (χ0) is 13.6. The number of hydrogen-bond donors (Lipinski definition) is 2. The molecule has 5 nitrogen and oxygen atoms in total. The Balaban J connectivity index is 2.17. The summed E-state index contributed by atoms with van der Waals surface area (Å²) in [7, 11) is 0.307. The molecule has 1 saturated carbocycles. The molecule has 0 bridgehead atoms. The highest BCUT2D eigenvalue weighted by molar-refractivity contribution is 7.89.